The molecule has 0 atom stereocenters. The Balaban J connectivity index is 1.49. The number of rotatable bonds is 10. The minimum Gasteiger partial charge on any atom is -0.462 e. The first-order chi connectivity index (χ1) is 19.7. The van der Waals surface area contributed by atoms with Crippen molar-refractivity contribution in [2.24, 2.45) is 0 Å². The van der Waals surface area contributed by atoms with Gasteiger partial charge in [0.25, 0.3) is 5.91 Å². The lowest BCUT2D eigenvalue weighted by Crippen LogP contribution is -2.25. The summed E-state index contributed by atoms with van der Waals surface area (Å²) in [6.45, 7) is 10.2. The smallest absolute Gasteiger partial charge is 0.338 e. The fourth-order valence-corrected chi connectivity index (χ4v) is 4.85. The summed E-state index contributed by atoms with van der Waals surface area (Å²) in [6, 6.07) is 18.2. The standard InChI is InChI=1S/C31H33N5O4S/c1-6-40-30(39)23-11-13-25(14-12-23)33-28(37)18-41-31-35-34-27(36(31)26-15-19(2)7-8-21(26)4)17-32-29(38)24-10-9-20(3)22(5)16-24/h7-16H,6,17-18H2,1-5H3,(H,32,38)(H,33,37). The van der Waals surface area contributed by atoms with E-state index >= 15 is 0 Å². The molecule has 0 unspecified atom stereocenters. The van der Waals surface area contributed by atoms with E-state index in [1.165, 1.54) is 11.8 Å². The van der Waals surface area contributed by atoms with Crippen LogP contribution < -0.4 is 10.6 Å². The van der Waals surface area contributed by atoms with E-state index in [4.69, 9.17) is 4.74 Å². The number of carbonyl (C=O) groups excluding carboxylic acids is 3. The number of carbonyl (C=O) groups is 3. The van der Waals surface area contributed by atoms with Crippen LogP contribution in [-0.2, 0) is 16.1 Å². The molecular weight excluding hydrogens is 538 g/mol. The number of thioether (sulfide) groups is 1. The first-order valence-corrected chi connectivity index (χ1v) is 14.2. The molecule has 0 aliphatic rings. The highest BCUT2D eigenvalue weighted by Crippen LogP contribution is 2.26. The molecule has 1 aromatic heterocycles. The first-order valence-electron chi connectivity index (χ1n) is 13.2. The second-order valence-corrected chi connectivity index (χ2v) is 10.6. The van der Waals surface area contributed by atoms with Gasteiger partial charge in [0.05, 0.1) is 30.2 Å². The minimum absolute atomic E-state index is 0.0810. The van der Waals surface area contributed by atoms with Crippen molar-refractivity contribution in [3.8, 4) is 5.69 Å². The highest BCUT2D eigenvalue weighted by Gasteiger charge is 2.19. The highest BCUT2D eigenvalue weighted by atomic mass is 32.2. The third-order valence-electron chi connectivity index (χ3n) is 6.49. The predicted octanol–water partition coefficient (Wildman–Crippen LogP) is 5.34. The summed E-state index contributed by atoms with van der Waals surface area (Å²) < 4.78 is 6.88. The Bertz CT molecular complexity index is 1580. The van der Waals surface area contributed by atoms with E-state index in [2.05, 4.69) is 20.8 Å². The van der Waals surface area contributed by atoms with Crippen LogP contribution in [0.3, 0.4) is 0 Å². The normalized spacial score (nSPS) is 10.8. The Kier molecular flexibility index (Phi) is 9.57. The molecule has 4 rings (SSSR count). The largest absolute Gasteiger partial charge is 0.462 e. The second-order valence-electron chi connectivity index (χ2n) is 9.64. The summed E-state index contributed by atoms with van der Waals surface area (Å²) >= 11 is 1.24. The number of nitrogens with one attached hydrogen (secondary N) is 2. The number of esters is 1. The first kappa shape index (κ1) is 29.5. The molecule has 3 aromatic carbocycles. The van der Waals surface area contributed by atoms with E-state index in [0.717, 1.165) is 27.9 Å². The molecule has 9 nitrogen and oxygen atoms in total. The maximum absolute atomic E-state index is 12.9. The summed E-state index contributed by atoms with van der Waals surface area (Å²) in [5.41, 5.74) is 6.66. The lowest BCUT2D eigenvalue weighted by molar-refractivity contribution is -0.113. The Morgan fingerprint density at radius 3 is 2.27 bits per heavy atom. The fourth-order valence-electron chi connectivity index (χ4n) is 4.09. The number of nitrogens with zero attached hydrogens (tertiary/aromatic N) is 3. The Morgan fingerprint density at radius 2 is 1.56 bits per heavy atom. The molecule has 0 radical (unpaired) electrons. The lowest BCUT2D eigenvalue weighted by Gasteiger charge is -2.14. The van der Waals surface area contributed by atoms with Gasteiger partial charge in [0.15, 0.2) is 11.0 Å². The molecular formula is C31H33N5O4S. The summed E-state index contributed by atoms with van der Waals surface area (Å²) in [7, 11) is 0. The quantitative estimate of drug-likeness (QED) is 0.195. The van der Waals surface area contributed by atoms with Crippen molar-refractivity contribution < 1.29 is 19.1 Å². The number of amides is 2. The number of ether oxygens (including phenoxy) is 1. The van der Waals surface area contributed by atoms with Gasteiger partial charge < -0.3 is 15.4 Å². The number of benzene rings is 3. The zero-order valence-electron chi connectivity index (χ0n) is 23.8. The number of aryl methyl sites for hydroxylation is 4. The molecule has 4 aromatic rings. The minimum atomic E-state index is -0.410. The predicted molar refractivity (Wildman–Crippen MR) is 160 cm³/mol. The van der Waals surface area contributed by atoms with Crippen molar-refractivity contribution in [2.75, 3.05) is 17.7 Å². The number of hydrogen-bond acceptors (Lipinski definition) is 7. The number of aromatic nitrogens is 3. The van der Waals surface area contributed by atoms with E-state index in [9.17, 15) is 14.4 Å². The van der Waals surface area contributed by atoms with Crippen molar-refractivity contribution >= 4 is 35.2 Å². The SMILES string of the molecule is CCOC(=O)c1ccc(NC(=O)CSc2nnc(CNC(=O)c3ccc(C)c(C)c3)n2-c2cc(C)ccc2C)cc1. The van der Waals surface area contributed by atoms with Crippen molar-refractivity contribution in [3.63, 3.8) is 0 Å². The van der Waals surface area contributed by atoms with Gasteiger partial charge in [-0.1, -0.05) is 30.0 Å². The zero-order valence-corrected chi connectivity index (χ0v) is 24.6. The molecule has 0 bridgehead atoms. The van der Waals surface area contributed by atoms with Gasteiger partial charge in [-0.15, -0.1) is 10.2 Å². The lowest BCUT2D eigenvalue weighted by atomic mass is 10.1. The van der Waals surface area contributed by atoms with Gasteiger partial charge in [-0.2, -0.15) is 0 Å². The van der Waals surface area contributed by atoms with Crippen LogP contribution in [0.2, 0.25) is 0 Å². The molecule has 41 heavy (non-hydrogen) atoms. The van der Waals surface area contributed by atoms with Gasteiger partial charge in [0.1, 0.15) is 0 Å². The van der Waals surface area contributed by atoms with E-state index in [0.29, 0.717) is 34.4 Å². The summed E-state index contributed by atoms with van der Waals surface area (Å²) in [6.07, 6.45) is 0. The van der Waals surface area contributed by atoms with Crippen molar-refractivity contribution in [2.45, 2.75) is 46.3 Å². The summed E-state index contributed by atoms with van der Waals surface area (Å²) in [5, 5.41) is 15.0. The van der Waals surface area contributed by atoms with E-state index in [1.54, 1.807) is 37.3 Å². The van der Waals surface area contributed by atoms with Crippen LogP contribution in [0, 0.1) is 27.7 Å². The molecule has 212 valence electrons. The van der Waals surface area contributed by atoms with Gasteiger partial charge in [0.2, 0.25) is 5.91 Å². The van der Waals surface area contributed by atoms with Crippen molar-refractivity contribution in [1.82, 2.24) is 20.1 Å². The van der Waals surface area contributed by atoms with Crippen LogP contribution in [0.25, 0.3) is 5.69 Å². The Hall–Kier alpha value is -4.44. The zero-order chi connectivity index (χ0) is 29.5. The van der Waals surface area contributed by atoms with Gasteiger partial charge in [-0.05, 0) is 99.3 Å². The topological polar surface area (TPSA) is 115 Å². The number of hydrogen-bond donors (Lipinski definition) is 2. The molecule has 2 amide bonds. The van der Waals surface area contributed by atoms with Gasteiger partial charge in [-0.3, -0.25) is 14.2 Å². The molecule has 0 aliphatic heterocycles. The maximum Gasteiger partial charge on any atom is 0.338 e. The van der Waals surface area contributed by atoms with Crippen LogP contribution in [0.15, 0.2) is 65.8 Å². The molecule has 0 saturated heterocycles. The second kappa shape index (κ2) is 13.3. The average Bonchev–Trinajstić information content (AvgIpc) is 3.36. The molecule has 0 spiro atoms. The molecule has 1 heterocycles. The summed E-state index contributed by atoms with van der Waals surface area (Å²) in [4.78, 5) is 37.5. The van der Waals surface area contributed by atoms with Crippen molar-refractivity contribution in [3.05, 3.63) is 99.9 Å². The number of anilines is 1. The molecule has 0 fully saturated rings. The summed E-state index contributed by atoms with van der Waals surface area (Å²) in [5.74, 6) is -0.219. The van der Waals surface area contributed by atoms with E-state index in [-0.39, 0.29) is 24.1 Å². The molecule has 0 saturated carbocycles. The fraction of sp³-hybridized carbons (Fsp3) is 0.258. The third-order valence-corrected chi connectivity index (χ3v) is 7.42. The van der Waals surface area contributed by atoms with Crippen LogP contribution in [0.4, 0.5) is 5.69 Å². The third kappa shape index (κ3) is 7.40. The molecule has 0 aliphatic carbocycles. The van der Waals surface area contributed by atoms with Crippen molar-refractivity contribution in [1.29, 1.82) is 0 Å². The maximum atomic E-state index is 12.9. The van der Waals surface area contributed by atoms with Crippen LogP contribution in [0.5, 0.6) is 0 Å². The van der Waals surface area contributed by atoms with Crippen LogP contribution in [0.1, 0.15) is 55.7 Å². The van der Waals surface area contributed by atoms with E-state index < -0.39 is 5.97 Å². The molecule has 2 N–H and O–H groups in total. The monoisotopic (exact) mass is 571 g/mol. The Morgan fingerprint density at radius 1 is 0.854 bits per heavy atom. The van der Waals surface area contributed by atoms with Gasteiger partial charge in [0, 0.05) is 11.3 Å². The van der Waals surface area contributed by atoms with Crippen LogP contribution in [-0.4, -0.2) is 44.9 Å². The van der Waals surface area contributed by atoms with Gasteiger partial charge >= 0.3 is 5.97 Å². The highest BCUT2D eigenvalue weighted by molar-refractivity contribution is 7.99. The van der Waals surface area contributed by atoms with Crippen LogP contribution >= 0.6 is 11.8 Å². The van der Waals surface area contributed by atoms with Gasteiger partial charge in [-0.25, -0.2) is 4.79 Å². The average molecular weight is 572 g/mol. The Labute approximate surface area is 243 Å². The molecule has 10 heteroatoms. The van der Waals surface area contributed by atoms with E-state index in [1.807, 2.05) is 62.6 Å².